The number of carbonyl (C=O) groups is 1. The molecular weight excluding hydrogens is 360 g/mol. The van der Waals surface area contributed by atoms with Crippen molar-refractivity contribution < 1.29 is 13.2 Å². The summed E-state index contributed by atoms with van der Waals surface area (Å²) in [7, 11) is -3.77. The van der Waals surface area contributed by atoms with Crippen molar-refractivity contribution in [3.05, 3.63) is 59.2 Å². The molecule has 1 fully saturated rings. The van der Waals surface area contributed by atoms with E-state index >= 15 is 0 Å². The van der Waals surface area contributed by atoms with E-state index in [1.807, 2.05) is 19.9 Å². The molecule has 1 aliphatic carbocycles. The zero-order valence-electron chi connectivity index (χ0n) is 15.8. The Hall–Kier alpha value is -2.34. The van der Waals surface area contributed by atoms with Crippen LogP contribution in [0.4, 0.5) is 5.69 Å². The quantitative estimate of drug-likeness (QED) is 0.810. The summed E-state index contributed by atoms with van der Waals surface area (Å²) in [6.07, 6.45) is 5.43. The van der Waals surface area contributed by atoms with Crippen LogP contribution in [0.3, 0.4) is 0 Å². The summed E-state index contributed by atoms with van der Waals surface area (Å²) in [6.45, 7) is 3.72. The number of sulfonamides is 1. The Labute approximate surface area is 161 Å². The number of anilines is 1. The van der Waals surface area contributed by atoms with Crippen LogP contribution in [0.15, 0.2) is 47.4 Å². The van der Waals surface area contributed by atoms with Gasteiger partial charge in [0.05, 0.1) is 4.90 Å². The summed E-state index contributed by atoms with van der Waals surface area (Å²) in [5.41, 5.74) is 2.64. The number of hydrogen-bond donors (Lipinski definition) is 2. The summed E-state index contributed by atoms with van der Waals surface area (Å²) < 4.78 is 28.1. The fraction of sp³-hybridized carbons (Fsp3) is 0.381. The first-order valence-corrected chi connectivity index (χ1v) is 10.8. The standard InChI is InChI=1S/C21H26N2O3S/c1-15-7-6-10-18(13-15)23-27(25,26)19-12-11-16(2)20(14-19)21(24)22-17-8-4-3-5-9-17/h6-7,10-14,17,23H,3-5,8-9H2,1-2H3,(H,22,24). The molecule has 0 heterocycles. The molecule has 0 aromatic heterocycles. The number of rotatable bonds is 5. The first-order valence-electron chi connectivity index (χ1n) is 9.36. The second kappa shape index (κ2) is 8.13. The molecule has 0 atom stereocenters. The fourth-order valence-corrected chi connectivity index (χ4v) is 4.52. The molecule has 2 aromatic carbocycles. The summed E-state index contributed by atoms with van der Waals surface area (Å²) >= 11 is 0. The zero-order valence-corrected chi connectivity index (χ0v) is 16.6. The second-order valence-electron chi connectivity index (χ2n) is 7.26. The van der Waals surface area contributed by atoms with Gasteiger partial charge in [-0.05, 0) is 62.1 Å². The van der Waals surface area contributed by atoms with Gasteiger partial charge in [0, 0.05) is 17.3 Å². The van der Waals surface area contributed by atoms with Gasteiger partial charge >= 0.3 is 0 Å². The predicted octanol–water partition coefficient (Wildman–Crippen LogP) is 4.17. The minimum Gasteiger partial charge on any atom is -0.349 e. The first kappa shape index (κ1) is 19.4. The lowest BCUT2D eigenvalue weighted by atomic mass is 9.95. The van der Waals surface area contributed by atoms with Crippen LogP contribution in [-0.2, 0) is 10.0 Å². The molecule has 0 spiro atoms. The molecule has 2 N–H and O–H groups in total. The Kier molecular flexibility index (Phi) is 5.85. The SMILES string of the molecule is Cc1cccc(NS(=O)(=O)c2ccc(C)c(C(=O)NC3CCCCC3)c2)c1. The van der Waals surface area contributed by atoms with Crippen LogP contribution in [0.5, 0.6) is 0 Å². The van der Waals surface area contributed by atoms with E-state index in [0.29, 0.717) is 11.3 Å². The second-order valence-corrected chi connectivity index (χ2v) is 8.94. The van der Waals surface area contributed by atoms with E-state index in [2.05, 4.69) is 10.0 Å². The van der Waals surface area contributed by atoms with E-state index < -0.39 is 10.0 Å². The molecule has 0 aliphatic heterocycles. The van der Waals surface area contributed by atoms with Crippen molar-refractivity contribution >= 4 is 21.6 Å². The van der Waals surface area contributed by atoms with E-state index in [1.165, 1.54) is 18.6 Å². The number of benzene rings is 2. The minimum atomic E-state index is -3.77. The molecule has 0 bridgehead atoms. The van der Waals surface area contributed by atoms with Gasteiger partial charge in [-0.3, -0.25) is 9.52 Å². The van der Waals surface area contributed by atoms with Gasteiger partial charge in [-0.25, -0.2) is 8.42 Å². The van der Waals surface area contributed by atoms with Crippen molar-refractivity contribution in [3.8, 4) is 0 Å². The maximum atomic E-state index is 12.7. The fourth-order valence-electron chi connectivity index (χ4n) is 3.45. The molecule has 3 rings (SSSR count). The molecule has 1 aliphatic rings. The Morgan fingerprint density at radius 3 is 2.44 bits per heavy atom. The zero-order chi connectivity index (χ0) is 19.4. The number of hydrogen-bond acceptors (Lipinski definition) is 3. The highest BCUT2D eigenvalue weighted by molar-refractivity contribution is 7.92. The summed E-state index contributed by atoms with van der Waals surface area (Å²) in [6, 6.07) is 12.0. The van der Waals surface area contributed by atoms with Gasteiger partial charge in [0.2, 0.25) is 0 Å². The van der Waals surface area contributed by atoms with Crippen molar-refractivity contribution in [1.29, 1.82) is 0 Å². The van der Waals surface area contributed by atoms with Gasteiger partial charge in [-0.1, -0.05) is 37.5 Å². The molecule has 27 heavy (non-hydrogen) atoms. The maximum absolute atomic E-state index is 12.7. The molecule has 1 amide bonds. The molecule has 2 aromatic rings. The Morgan fingerprint density at radius 1 is 1.00 bits per heavy atom. The largest absolute Gasteiger partial charge is 0.349 e. The van der Waals surface area contributed by atoms with Crippen molar-refractivity contribution in [1.82, 2.24) is 5.32 Å². The van der Waals surface area contributed by atoms with Crippen molar-refractivity contribution in [2.24, 2.45) is 0 Å². The molecule has 0 radical (unpaired) electrons. The Balaban J connectivity index is 1.82. The van der Waals surface area contributed by atoms with E-state index in [1.54, 1.807) is 24.3 Å². The molecule has 1 saturated carbocycles. The van der Waals surface area contributed by atoms with Crippen molar-refractivity contribution in [2.45, 2.75) is 56.9 Å². The third-order valence-corrected chi connectivity index (χ3v) is 6.35. The van der Waals surface area contributed by atoms with Crippen LogP contribution < -0.4 is 10.0 Å². The van der Waals surface area contributed by atoms with E-state index in [4.69, 9.17) is 0 Å². The predicted molar refractivity (Wildman–Crippen MR) is 108 cm³/mol. The minimum absolute atomic E-state index is 0.0865. The third-order valence-electron chi connectivity index (χ3n) is 4.97. The average Bonchev–Trinajstić information content (AvgIpc) is 2.62. The number of amides is 1. The summed E-state index contributed by atoms with van der Waals surface area (Å²) in [4.78, 5) is 12.8. The van der Waals surface area contributed by atoms with Crippen LogP contribution in [0.25, 0.3) is 0 Å². The van der Waals surface area contributed by atoms with E-state index in [-0.39, 0.29) is 16.8 Å². The molecule has 0 saturated heterocycles. The summed E-state index contributed by atoms with van der Waals surface area (Å²) in [5.74, 6) is -0.202. The molecule has 144 valence electrons. The van der Waals surface area contributed by atoms with Crippen molar-refractivity contribution in [3.63, 3.8) is 0 Å². The van der Waals surface area contributed by atoms with Crippen LogP contribution >= 0.6 is 0 Å². The van der Waals surface area contributed by atoms with Gasteiger partial charge in [-0.15, -0.1) is 0 Å². The lowest BCUT2D eigenvalue weighted by Crippen LogP contribution is -2.36. The number of aryl methyl sites for hydroxylation is 2. The highest BCUT2D eigenvalue weighted by Gasteiger charge is 2.21. The van der Waals surface area contributed by atoms with Gasteiger partial charge in [0.1, 0.15) is 0 Å². The highest BCUT2D eigenvalue weighted by atomic mass is 32.2. The van der Waals surface area contributed by atoms with Crippen LogP contribution in [0, 0.1) is 13.8 Å². The first-order chi connectivity index (χ1) is 12.8. The van der Waals surface area contributed by atoms with Gasteiger partial charge in [0.15, 0.2) is 0 Å². The van der Waals surface area contributed by atoms with Gasteiger partial charge < -0.3 is 5.32 Å². The Bertz CT molecular complexity index is 932. The number of nitrogens with one attached hydrogen (secondary N) is 2. The van der Waals surface area contributed by atoms with Crippen LogP contribution in [0.1, 0.15) is 53.6 Å². The lowest BCUT2D eigenvalue weighted by Gasteiger charge is -2.23. The molecule has 6 heteroatoms. The van der Waals surface area contributed by atoms with E-state index in [9.17, 15) is 13.2 Å². The van der Waals surface area contributed by atoms with E-state index in [0.717, 1.165) is 36.8 Å². The monoisotopic (exact) mass is 386 g/mol. The van der Waals surface area contributed by atoms with Gasteiger partial charge in [0.25, 0.3) is 15.9 Å². The number of carbonyl (C=O) groups excluding carboxylic acids is 1. The van der Waals surface area contributed by atoms with Crippen LogP contribution in [0.2, 0.25) is 0 Å². The normalized spacial score (nSPS) is 15.3. The summed E-state index contributed by atoms with van der Waals surface area (Å²) in [5, 5.41) is 3.06. The highest BCUT2D eigenvalue weighted by Crippen LogP contribution is 2.22. The molecular formula is C21H26N2O3S. The van der Waals surface area contributed by atoms with Crippen LogP contribution in [-0.4, -0.2) is 20.4 Å². The average molecular weight is 387 g/mol. The Morgan fingerprint density at radius 2 is 1.74 bits per heavy atom. The smallest absolute Gasteiger partial charge is 0.261 e. The molecule has 5 nitrogen and oxygen atoms in total. The van der Waals surface area contributed by atoms with Gasteiger partial charge in [-0.2, -0.15) is 0 Å². The third kappa shape index (κ3) is 4.89. The van der Waals surface area contributed by atoms with Crippen molar-refractivity contribution in [2.75, 3.05) is 4.72 Å². The maximum Gasteiger partial charge on any atom is 0.261 e. The molecule has 0 unspecified atom stereocenters. The lowest BCUT2D eigenvalue weighted by molar-refractivity contribution is 0.0927. The topological polar surface area (TPSA) is 75.3 Å².